The van der Waals surface area contributed by atoms with Crippen LogP contribution in [0.1, 0.15) is 22.3 Å². The molecule has 0 saturated carbocycles. The zero-order chi connectivity index (χ0) is 44.6. The molecule has 0 aromatic heterocycles. The van der Waals surface area contributed by atoms with Crippen LogP contribution in [-0.2, 0) is 5.41 Å². The zero-order valence-corrected chi connectivity index (χ0v) is 37.0. The minimum Gasteiger partial charge on any atom is -0.310 e. The van der Waals surface area contributed by atoms with E-state index in [0.29, 0.717) is 0 Å². The quantitative estimate of drug-likeness (QED) is 0.135. The Kier molecular flexibility index (Phi) is 10.1. The minimum absolute atomic E-state index is 0.524. The Labute approximate surface area is 393 Å². The van der Waals surface area contributed by atoms with Crippen molar-refractivity contribution in [2.45, 2.75) is 5.41 Å². The summed E-state index contributed by atoms with van der Waals surface area (Å²) in [6.45, 7) is 0. The van der Waals surface area contributed by atoms with Crippen molar-refractivity contribution < 1.29 is 0 Å². The highest BCUT2D eigenvalue weighted by molar-refractivity contribution is 5.98. The lowest BCUT2D eigenvalue weighted by Crippen LogP contribution is -2.28. The van der Waals surface area contributed by atoms with Crippen LogP contribution in [0.15, 0.2) is 279 Å². The molecule has 1 aliphatic rings. The molecule has 0 heterocycles. The predicted octanol–water partition coefficient (Wildman–Crippen LogP) is 17.5. The van der Waals surface area contributed by atoms with Crippen molar-refractivity contribution in [1.29, 1.82) is 0 Å². The number of para-hydroxylation sites is 1. The second-order valence-corrected chi connectivity index (χ2v) is 17.3. The summed E-state index contributed by atoms with van der Waals surface area (Å²) in [4.78, 5) is 4.82. The van der Waals surface area contributed by atoms with E-state index in [4.69, 9.17) is 0 Å². The first-order valence-corrected chi connectivity index (χ1v) is 23.1. The molecule has 316 valence electrons. The van der Waals surface area contributed by atoms with E-state index in [-0.39, 0.29) is 0 Å². The molecule has 0 unspecified atom stereocenters. The fraction of sp³-hybridized carbons (Fsp3) is 0.0154. The molecule has 0 aliphatic heterocycles. The van der Waals surface area contributed by atoms with E-state index >= 15 is 0 Å². The molecule has 0 saturated heterocycles. The van der Waals surface area contributed by atoms with Crippen molar-refractivity contribution in [1.82, 2.24) is 0 Å². The van der Waals surface area contributed by atoms with Gasteiger partial charge in [0.2, 0.25) is 0 Å². The average molecular weight is 855 g/mol. The molecule has 67 heavy (non-hydrogen) atoms. The van der Waals surface area contributed by atoms with Gasteiger partial charge in [-0.25, -0.2) is 0 Å². The summed E-state index contributed by atoms with van der Waals surface area (Å²) < 4.78 is 0. The van der Waals surface area contributed by atoms with Crippen molar-refractivity contribution in [3.8, 4) is 33.4 Å². The van der Waals surface area contributed by atoms with Gasteiger partial charge in [-0.1, -0.05) is 206 Å². The number of hydrogen-bond acceptors (Lipinski definition) is 2. The topological polar surface area (TPSA) is 6.48 Å². The van der Waals surface area contributed by atoms with Crippen LogP contribution < -0.4 is 9.80 Å². The van der Waals surface area contributed by atoms with E-state index in [1.165, 1.54) is 66.4 Å². The monoisotopic (exact) mass is 854 g/mol. The molecule has 1 aliphatic carbocycles. The summed E-state index contributed by atoms with van der Waals surface area (Å²) in [6, 6.07) is 102. The van der Waals surface area contributed by atoms with Crippen LogP contribution in [0.5, 0.6) is 0 Å². The molecule has 0 bridgehead atoms. The lowest BCUT2D eigenvalue weighted by Gasteiger charge is -2.35. The van der Waals surface area contributed by atoms with Crippen LogP contribution in [-0.4, -0.2) is 0 Å². The van der Waals surface area contributed by atoms with Crippen LogP contribution in [0.4, 0.5) is 34.1 Å². The molecule has 11 aromatic carbocycles. The van der Waals surface area contributed by atoms with Gasteiger partial charge in [0.05, 0.1) is 11.1 Å². The normalized spacial score (nSPS) is 12.3. The number of benzene rings is 11. The lowest BCUT2D eigenvalue weighted by atomic mass is 9.67. The third-order valence-electron chi connectivity index (χ3n) is 13.5. The first-order valence-electron chi connectivity index (χ1n) is 23.1. The molecule has 0 spiro atoms. The first-order chi connectivity index (χ1) is 33.2. The molecule has 0 radical (unpaired) electrons. The Morgan fingerprint density at radius 1 is 0.239 bits per heavy atom. The molecule has 0 amide bonds. The van der Waals surface area contributed by atoms with E-state index < -0.39 is 5.41 Å². The molecule has 12 rings (SSSR count). The molecule has 2 nitrogen and oxygen atoms in total. The summed E-state index contributed by atoms with van der Waals surface area (Å²) in [5.74, 6) is 0. The predicted molar refractivity (Wildman–Crippen MR) is 281 cm³/mol. The molecule has 11 aromatic rings. The van der Waals surface area contributed by atoms with Gasteiger partial charge >= 0.3 is 0 Å². The van der Waals surface area contributed by atoms with Gasteiger partial charge in [-0.2, -0.15) is 0 Å². The zero-order valence-electron chi connectivity index (χ0n) is 37.0. The van der Waals surface area contributed by atoms with Crippen molar-refractivity contribution >= 4 is 44.9 Å². The highest BCUT2D eigenvalue weighted by Gasteiger charge is 2.46. The molecular weight excluding hydrogens is 809 g/mol. The second-order valence-electron chi connectivity index (χ2n) is 17.3. The van der Waals surface area contributed by atoms with Crippen molar-refractivity contribution in [3.05, 3.63) is 301 Å². The van der Waals surface area contributed by atoms with Crippen LogP contribution in [0, 0.1) is 0 Å². The fourth-order valence-corrected chi connectivity index (χ4v) is 10.5. The molecule has 0 fully saturated rings. The van der Waals surface area contributed by atoms with Gasteiger partial charge in [0.25, 0.3) is 0 Å². The highest BCUT2D eigenvalue weighted by Crippen LogP contribution is 2.57. The summed E-state index contributed by atoms with van der Waals surface area (Å²) >= 11 is 0. The smallest absolute Gasteiger partial charge is 0.0714 e. The Hall–Kier alpha value is -8.72. The van der Waals surface area contributed by atoms with Crippen molar-refractivity contribution in [2.24, 2.45) is 0 Å². The van der Waals surface area contributed by atoms with E-state index in [1.54, 1.807) is 0 Å². The summed E-state index contributed by atoms with van der Waals surface area (Å²) in [5.41, 5.74) is 18.3. The Morgan fingerprint density at radius 2 is 0.657 bits per heavy atom. The van der Waals surface area contributed by atoms with Gasteiger partial charge in [0, 0.05) is 34.0 Å². The highest BCUT2D eigenvalue weighted by atomic mass is 15.2. The Balaban J connectivity index is 1.05. The van der Waals surface area contributed by atoms with Crippen LogP contribution in [0.3, 0.4) is 0 Å². The molecule has 2 heteroatoms. The van der Waals surface area contributed by atoms with E-state index in [9.17, 15) is 0 Å². The summed E-state index contributed by atoms with van der Waals surface area (Å²) in [6.07, 6.45) is 0. The third-order valence-corrected chi connectivity index (χ3v) is 13.5. The van der Waals surface area contributed by atoms with Gasteiger partial charge < -0.3 is 9.80 Å². The number of rotatable bonds is 10. The van der Waals surface area contributed by atoms with E-state index in [1.807, 2.05) is 0 Å². The number of nitrogens with zero attached hydrogens (tertiary/aromatic N) is 2. The maximum Gasteiger partial charge on any atom is 0.0714 e. The number of fused-ring (bicyclic) bond motifs is 4. The standard InChI is InChI=1S/C65H46N2/c1-6-20-47(21-7-1)48-34-36-55(37-35-48)66(58-42-43-60-59-32-18-19-33-62(59)65(63(60)46-58,52-26-10-3-11-27-52)53-28-12-4-13-29-53)56-38-40-57(41-39-56)67(54-30-14-5-15-31-54)64-45-51-25-17-16-24-50(51)44-61(64)49-22-8-2-9-23-49/h1-46H. The van der Waals surface area contributed by atoms with Gasteiger partial charge in [0.1, 0.15) is 0 Å². The number of anilines is 6. The SMILES string of the molecule is c1ccc(-c2ccc(N(c3ccc(N(c4ccccc4)c4cc5ccccc5cc4-c4ccccc4)cc3)c3ccc4c(c3)C(c3ccccc3)(c3ccccc3)c3ccccc3-4)cc2)cc1. The molecule has 0 atom stereocenters. The number of hydrogen-bond donors (Lipinski definition) is 0. The maximum atomic E-state index is 2.45. The van der Waals surface area contributed by atoms with Gasteiger partial charge in [0.15, 0.2) is 0 Å². The van der Waals surface area contributed by atoms with Crippen LogP contribution in [0.25, 0.3) is 44.2 Å². The third kappa shape index (κ3) is 6.99. The molecular formula is C65H46N2. The second kappa shape index (κ2) is 17.0. The van der Waals surface area contributed by atoms with Crippen LogP contribution >= 0.6 is 0 Å². The fourth-order valence-electron chi connectivity index (χ4n) is 10.5. The van der Waals surface area contributed by atoms with E-state index in [0.717, 1.165) is 34.1 Å². The summed E-state index contributed by atoms with van der Waals surface area (Å²) in [5, 5.41) is 2.41. The van der Waals surface area contributed by atoms with Gasteiger partial charge in [-0.3, -0.25) is 0 Å². The average Bonchev–Trinajstić information content (AvgIpc) is 3.71. The van der Waals surface area contributed by atoms with Crippen LogP contribution in [0.2, 0.25) is 0 Å². The van der Waals surface area contributed by atoms with Crippen molar-refractivity contribution in [2.75, 3.05) is 9.80 Å². The summed E-state index contributed by atoms with van der Waals surface area (Å²) in [7, 11) is 0. The van der Waals surface area contributed by atoms with Crippen molar-refractivity contribution in [3.63, 3.8) is 0 Å². The largest absolute Gasteiger partial charge is 0.310 e. The van der Waals surface area contributed by atoms with E-state index in [2.05, 4.69) is 289 Å². The maximum absolute atomic E-state index is 2.45. The minimum atomic E-state index is -0.524. The first kappa shape index (κ1) is 39.8. The Bertz CT molecular complexity index is 3440. The molecule has 0 N–H and O–H groups in total. The Morgan fingerprint density at radius 3 is 1.27 bits per heavy atom. The van der Waals surface area contributed by atoms with Gasteiger partial charge in [-0.05, 0) is 134 Å². The van der Waals surface area contributed by atoms with Gasteiger partial charge in [-0.15, -0.1) is 0 Å². The lowest BCUT2D eigenvalue weighted by molar-refractivity contribution is 0.768.